The highest BCUT2D eigenvalue weighted by Crippen LogP contribution is 2.26. The van der Waals surface area contributed by atoms with Gasteiger partial charge in [0.05, 0.1) is 0 Å². The molecular weight excluding hydrogens is 334 g/mol. The fourth-order valence-electron chi connectivity index (χ4n) is 3.83. The average Bonchev–Trinajstić information content (AvgIpc) is 2.65. The molecule has 1 amide bonds. The molecule has 3 rings (SSSR count). The highest BCUT2D eigenvalue weighted by molar-refractivity contribution is 5.81. The Hall–Kier alpha value is -2.29. The summed E-state index contributed by atoms with van der Waals surface area (Å²) in [7, 11) is 0. The van der Waals surface area contributed by atoms with E-state index in [1.165, 1.54) is 29.5 Å². The van der Waals surface area contributed by atoms with Gasteiger partial charge in [0.15, 0.2) is 6.10 Å². The zero-order valence-electron chi connectivity index (χ0n) is 16.8. The van der Waals surface area contributed by atoms with Crippen LogP contribution in [0.1, 0.15) is 56.7 Å². The monoisotopic (exact) mass is 365 g/mol. The minimum absolute atomic E-state index is 0.0452. The summed E-state index contributed by atoms with van der Waals surface area (Å²) in [4.78, 5) is 12.8. The van der Waals surface area contributed by atoms with E-state index >= 15 is 0 Å². The van der Waals surface area contributed by atoms with E-state index in [0.29, 0.717) is 6.42 Å². The number of fused-ring (bicyclic) bond motifs is 1. The standard InChI is InChI=1S/C24H31NO2/c1-4-22(27-21-15-14-19-12-8-9-13-20(19)16-21)23(26)25-24(2,3)17-18-10-6-5-7-11-18/h5-7,10-11,14-16,22H,4,8-9,12-13,17H2,1-3H3,(H,25,26)/t22-/m0/s1. The van der Waals surface area contributed by atoms with E-state index < -0.39 is 6.10 Å². The number of ether oxygens (including phenoxy) is 1. The summed E-state index contributed by atoms with van der Waals surface area (Å²) in [6, 6.07) is 16.5. The molecule has 0 saturated heterocycles. The first-order valence-electron chi connectivity index (χ1n) is 10.1. The molecule has 1 atom stereocenters. The maximum Gasteiger partial charge on any atom is 0.261 e. The quantitative estimate of drug-likeness (QED) is 0.761. The van der Waals surface area contributed by atoms with Crippen molar-refractivity contribution in [3.8, 4) is 5.75 Å². The molecule has 0 heterocycles. The SMILES string of the molecule is CC[C@H](Oc1ccc2c(c1)CCCC2)C(=O)NC(C)(C)Cc1ccccc1. The smallest absolute Gasteiger partial charge is 0.261 e. The molecule has 0 aromatic heterocycles. The van der Waals surface area contributed by atoms with Crippen molar-refractivity contribution in [2.45, 2.75) is 70.9 Å². The first kappa shape index (κ1) is 19.5. The topological polar surface area (TPSA) is 38.3 Å². The number of aryl methyl sites for hydroxylation is 2. The van der Waals surface area contributed by atoms with Crippen LogP contribution in [0, 0.1) is 0 Å². The fraction of sp³-hybridized carbons (Fsp3) is 0.458. The number of hydrogen-bond acceptors (Lipinski definition) is 2. The molecule has 2 aromatic rings. The summed E-state index contributed by atoms with van der Waals surface area (Å²) in [6.45, 7) is 6.11. The van der Waals surface area contributed by atoms with Gasteiger partial charge in [0.1, 0.15) is 5.75 Å². The van der Waals surface area contributed by atoms with Crippen LogP contribution < -0.4 is 10.1 Å². The molecule has 0 fully saturated rings. The predicted molar refractivity (Wildman–Crippen MR) is 110 cm³/mol. The first-order chi connectivity index (χ1) is 13.0. The maximum absolute atomic E-state index is 12.8. The average molecular weight is 366 g/mol. The Balaban J connectivity index is 1.63. The van der Waals surface area contributed by atoms with Crippen molar-refractivity contribution >= 4 is 5.91 Å². The Morgan fingerprint density at radius 1 is 1.07 bits per heavy atom. The Kier molecular flexibility index (Phi) is 6.20. The zero-order valence-corrected chi connectivity index (χ0v) is 16.8. The van der Waals surface area contributed by atoms with Crippen LogP contribution in [0.4, 0.5) is 0 Å². The molecule has 3 heteroatoms. The van der Waals surface area contributed by atoms with Gasteiger partial charge in [-0.2, -0.15) is 0 Å². The van der Waals surface area contributed by atoms with Gasteiger partial charge in [0.25, 0.3) is 5.91 Å². The molecule has 1 aliphatic carbocycles. The third-order valence-corrected chi connectivity index (χ3v) is 5.21. The molecule has 0 aliphatic heterocycles. The molecule has 1 N–H and O–H groups in total. The van der Waals surface area contributed by atoms with Crippen LogP contribution in [0.5, 0.6) is 5.75 Å². The molecule has 0 radical (unpaired) electrons. The largest absolute Gasteiger partial charge is 0.481 e. The Morgan fingerprint density at radius 3 is 2.48 bits per heavy atom. The summed E-state index contributed by atoms with van der Waals surface area (Å²) in [6.07, 6.45) is 5.73. The lowest BCUT2D eigenvalue weighted by Gasteiger charge is -2.29. The van der Waals surface area contributed by atoms with Crippen molar-refractivity contribution in [2.75, 3.05) is 0 Å². The molecular formula is C24H31NO2. The molecule has 0 unspecified atom stereocenters. The maximum atomic E-state index is 12.8. The number of hydrogen-bond donors (Lipinski definition) is 1. The highest BCUT2D eigenvalue weighted by atomic mass is 16.5. The minimum atomic E-state index is -0.471. The third-order valence-electron chi connectivity index (χ3n) is 5.21. The summed E-state index contributed by atoms with van der Waals surface area (Å²) < 4.78 is 6.08. The second kappa shape index (κ2) is 8.60. The van der Waals surface area contributed by atoms with E-state index in [1.54, 1.807) is 0 Å². The lowest BCUT2D eigenvalue weighted by Crippen LogP contribution is -2.50. The molecule has 1 aliphatic rings. The number of benzene rings is 2. The van der Waals surface area contributed by atoms with Crippen LogP contribution in [-0.2, 0) is 24.1 Å². The highest BCUT2D eigenvalue weighted by Gasteiger charge is 2.26. The van der Waals surface area contributed by atoms with Crippen LogP contribution in [0.2, 0.25) is 0 Å². The normalized spacial score (nSPS) is 14.9. The number of carbonyl (C=O) groups excluding carboxylic acids is 1. The van der Waals surface area contributed by atoms with E-state index in [0.717, 1.165) is 25.0 Å². The summed E-state index contributed by atoms with van der Waals surface area (Å²) >= 11 is 0. The third kappa shape index (κ3) is 5.35. The van der Waals surface area contributed by atoms with E-state index in [1.807, 2.05) is 31.2 Å². The molecule has 27 heavy (non-hydrogen) atoms. The van der Waals surface area contributed by atoms with Crippen molar-refractivity contribution < 1.29 is 9.53 Å². The van der Waals surface area contributed by atoms with Gasteiger partial charge < -0.3 is 10.1 Å². The van der Waals surface area contributed by atoms with Crippen LogP contribution in [0.15, 0.2) is 48.5 Å². The predicted octanol–water partition coefficient (Wildman–Crippen LogP) is 4.86. The van der Waals surface area contributed by atoms with Gasteiger partial charge >= 0.3 is 0 Å². The van der Waals surface area contributed by atoms with Crippen molar-refractivity contribution in [3.05, 3.63) is 65.2 Å². The van der Waals surface area contributed by atoms with Crippen molar-refractivity contribution in [2.24, 2.45) is 0 Å². The van der Waals surface area contributed by atoms with Gasteiger partial charge in [-0.1, -0.05) is 43.3 Å². The molecule has 0 bridgehead atoms. The van der Waals surface area contributed by atoms with Crippen LogP contribution >= 0.6 is 0 Å². The van der Waals surface area contributed by atoms with E-state index in [-0.39, 0.29) is 11.4 Å². The Bertz CT molecular complexity index is 767. The number of nitrogens with one attached hydrogen (secondary N) is 1. The van der Waals surface area contributed by atoms with Gasteiger partial charge in [-0.05, 0) is 81.2 Å². The van der Waals surface area contributed by atoms with Crippen LogP contribution in [0.3, 0.4) is 0 Å². The summed E-state index contributed by atoms with van der Waals surface area (Å²) in [5.74, 6) is 0.759. The van der Waals surface area contributed by atoms with Crippen molar-refractivity contribution in [3.63, 3.8) is 0 Å². The van der Waals surface area contributed by atoms with Gasteiger partial charge in [-0.25, -0.2) is 0 Å². The van der Waals surface area contributed by atoms with Crippen molar-refractivity contribution in [1.29, 1.82) is 0 Å². The first-order valence-corrected chi connectivity index (χ1v) is 10.1. The van der Waals surface area contributed by atoms with Gasteiger partial charge in [-0.3, -0.25) is 4.79 Å². The summed E-state index contributed by atoms with van der Waals surface area (Å²) in [5, 5.41) is 3.17. The van der Waals surface area contributed by atoms with Crippen molar-refractivity contribution in [1.82, 2.24) is 5.32 Å². The van der Waals surface area contributed by atoms with Gasteiger partial charge in [-0.15, -0.1) is 0 Å². The van der Waals surface area contributed by atoms with E-state index in [4.69, 9.17) is 4.74 Å². The molecule has 2 aromatic carbocycles. The Labute approximate surface area is 163 Å². The van der Waals surface area contributed by atoms with E-state index in [9.17, 15) is 4.79 Å². The number of carbonyl (C=O) groups is 1. The van der Waals surface area contributed by atoms with Crippen LogP contribution in [0.25, 0.3) is 0 Å². The van der Waals surface area contributed by atoms with Gasteiger partial charge in [0.2, 0.25) is 0 Å². The molecule has 0 saturated carbocycles. The lowest BCUT2D eigenvalue weighted by molar-refractivity contribution is -0.129. The lowest BCUT2D eigenvalue weighted by atomic mass is 9.92. The number of rotatable bonds is 7. The Morgan fingerprint density at radius 2 is 1.78 bits per heavy atom. The van der Waals surface area contributed by atoms with Gasteiger partial charge in [0, 0.05) is 5.54 Å². The number of amides is 1. The zero-order chi connectivity index (χ0) is 19.3. The fourth-order valence-corrected chi connectivity index (χ4v) is 3.83. The second-order valence-corrected chi connectivity index (χ2v) is 8.19. The van der Waals surface area contributed by atoms with E-state index in [2.05, 4.69) is 43.4 Å². The van der Waals surface area contributed by atoms with Crippen LogP contribution in [-0.4, -0.2) is 17.6 Å². The second-order valence-electron chi connectivity index (χ2n) is 8.19. The molecule has 3 nitrogen and oxygen atoms in total. The summed E-state index contributed by atoms with van der Waals surface area (Å²) in [5.41, 5.74) is 3.69. The minimum Gasteiger partial charge on any atom is -0.481 e. The molecule has 0 spiro atoms. The molecule has 144 valence electrons.